The first-order valence-electron chi connectivity index (χ1n) is 6.33. The van der Waals surface area contributed by atoms with Crippen molar-refractivity contribution in [2.75, 3.05) is 19.3 Å². The number of benzene rings is 1. The molecule has 18 heavy (non-hydrogen) atoms. The van der Waals surface area contributed by atoms with Crippen molar-refractivity contribution in [1.82, 2.24) is 5.32 Å². The standard InChI is InChI=1S/C14H17N3S/c1-18-13-12(11-5-3-2-4-6-11)16-14(17-13)7-9-15-10-8-14/h2-6,15H,7-10H2,1H3. The molecule has 2 heterocycles. The molecule has 0 bridgehead atoms. The van der Waals surface area contributed by atoms with Gasteiger partial charge in [-0.15, -0.1) is 11.8 Å². The van der Waals surface area contributed by atoms with E-state index in [9.17, 15) is 0 Å². The van der Waals surface area contributed by atoms with E-state index in [-0.39, 0.29) is 5.66 Å². The summed E-state index contributed by atoms with van der Waals surface area (Å²) in [4.78, 5) is 9.84. The van der Waals surface area contributed by atoms with Crippen molar-refractivity contribution in [2.24, 2.45) is 9.98 Å². The zero-order chi connectivity index (χ0) is 12.4. The number of rotatable bonds is 1. The second-order valence-corrected chi connectivity index (χ2v) is 5.47. The van der Waals surface area contributed by atoms with Gasteiger partial charge in [-0.3, -0.25) is 4.99 Å². The average Bonchev–Trinajstić information content (AvgIpc) is 2.79. The van der Waals surface area contributed by atoms with Gasteiger partial charge in [0, 0.05) is 18.4 Å². The molecular formula is C14H17N3S. The number of aliphatic imine (C=N–C) groups is 2. The van der Waals surface area contributed by atoms with E-state index in [0.29, 0.717) is 0 Å². The third kappa shape index (κ3) is 2.10. The van der Waals surface area contributed by atoms with Gasteiger partial charge in [0.15, 0.2) is 5.66 Å². The first-order chi connectivity index (χ1) is 8.83. The fourth-order valence-corrected chi connectivity index (χ4v) is 3.12. The lowest BCUT2D eigenvalue weighted by Gasteiger charge is -2.27. The van der Waals surface area contributed by atoms with Crippen molar-refractivity contribution in [1.29, 1.82) is 0 Å². The third-order valence-corrected chi connectivity index (χ3v) is 4.15. The molecule has 0 aromatic heterocycles. The van der Waals surface area contributed by atoms with Crippen LogP contribution in [-0.4, -0.2) is 35.8 Å². The first-order valence-corrected chi connectivity index (χ1v) is 7.56. The molecule has 0 atom stereocenters. The number of nitrogens with one attached hydrogen (secondary N) is 1. The molecule has 3 rings (SSSR count). The zero-order valence-electron chi connectivity index (χ0n) is 10.5. The lowest BCUT2D eigenvalue weighted by Crippen LogP contribution is -2.38. The van der Waals surface area contributed by atoms with Gasteiger partial charge in [-0.05, 0) is 19.3 Å². The summed E-state index contributed by atoms with van der Waals surface area (Å²) >= 11 is 1.70. The number of hydrogen-bond acceptors (Lipinski definition) is 4. The Labute approximate surface area is 112 Å². The Bertz CT molecular complexity index is 487. The highest BCUT2D eigenvalue weighted by molar-refractivity contribution is 8.15. The van der Waals surface area contributed by atoms with Crippen LogP contribution in [0.3, 0.4) is 0 Å². The molecule has 2 aliphatic rings. The summed E-state index contributed by atoms with van der Waals surface area (Å²) in [6.45, 7) is 2.02. The van der Waals surface area contributed by atoms with Gasteiger partial charge in [-0.25, -0.2) is 4.99 Å². The van der Waals surface area contributed by atoms with Crippen molar-refractivity contribution in [2.45, 2.75) is 18.5 Å². The van der Waals surface area contributed by atoms with Gasteiger partial charge in [0.1, 0.15) is 5.04 Å². The van der Waals surface area contributed by atoms with E-state index in [0.717, 1.165) is 36.7 Å². The van der Waals surface area contributed by atoms with Crippen LogP contribution in [0.25, 0.3) is 0 Å². The average molecular weight is 259 g/mol. The van der Waals surface area contributed by atoms with Gasteiger partial charge in [0.05, 0.1) is 5.71 Å². The highest BCUT2D eigenvalue weighted by atomic mass is 32.2. The molecule has 1 N–H and O–H groups in total. The van der Waals surface area contributed by atoms with Crippen LogP contribution < -0.4 is 5.32 Å². The quantitative estimate of drug-likeness (QED) is 0.840. The minimum Gasteiger partial charge on any atom is -0.316 e. The van der Waals surface area contributed by atoms with E-state index < -0.39 is 0 Å². The minimum absolute atomic E-state index is 0.186. The molecule has 1 spiro atoms. The molecule has 94 valence electrons. The Balaban J connectivity index is 1.99. The highest BCUT2D eigenvalue weighted by Gasteiger charge is 2.37. The van der Waals surface area contributed by atoms with Gasteiger partial charge >= 0.3 is 0 Å². The fraction of sp³-hybridized carbons (Fsp3) is 0.429. The molecule has 1 aromatic carbocycles. The van der Waals surface area contributed by atoms with E-state index in [1.54, 1.807) is 11.8 Å². The van der Waals surface area contributed by atoms with E-state index in [1.807, 2.05) is 6.07 Å². The van der Waals surface area contributed by atoms with Gasteiger partial charge in [0.25, 0.3) is 0 Å². The van der Waals surface area contributed by atoms with E-state index >= 15 is 0 Å². The fourth-order valence-electron chi connectivity index (χ4n) is 2.50. The SMILES string of the molecule is CSC1=NC2(CCNCC2)N=C1c1ccccc1. The van der Waals surface area contributed by atoms with Crippen LogP contribution in [0.5, 0.6) is 0 Å². The van der Waals surface area contributed by atoms with Gasteiger partial charge in [-0.1, -0.05) is 30.3 Å². The second kappa shape index (κ2) is 4.86. The molecule has 1 fully saturated rings. The van der Waals surface area contributed by atoms with Crippen LogP contribution in [0, 0.1) is 0 Å². The Morgan fingerprint density at radius 3 is 2.50 bits per heavy atom. The smallest absolute Gasteiger partial charge is 0.154 e. The van der Waals surface area contributed by atoms with Crippen molar-refractivity contribution < 1.29 is 0 Å². The van der Waals surface area contributed by atoms with E-state index in [2.05, 4.69) is 35.8 Å². The van der Waals surface area contributed by atoms with Crippen LogP contribution >= 0.6 is 11.8 Å². The number of piperidine rings is 1. The Hall–Kier alpha value is -1.13. The van der Waals surface area contributed by atoms with E-state index in [1.165, 1.54) is 5.56 Å². The largest absolute Gasteiger partial charge is 0.316 e. The number of nitrogens with zero attached hydrogens (tertiary/aromatic N) is 2. The van der Waals surface area contributed by atoms with Crippen LogP contribution in [0.2, 0.25) is 0 Å². The summed E-state index contributed by atoms with van der Waals surface area (Å²) in [7, 11) is 0. The van der Waals surface area contributed by atoms with Crippen molar-refractivity contribution in [3.8, 4) is 0 Å². The van der Waals surface area contributed by atoms with Crippen LogP contribution in [0.4, 0.5) is 0 Å². The maximum absolute atomic E-state index is 4.95. The Kier molecular flexibility index (Phi) is 3.22. The van der Waals surface area contributed by atoms with Crippen LogP contribution in [0.1, 0.15) is 18.4 Å². The lowest BCUT2D eigenvalue weighted by atomic mass is 10.0. The molecule has 4 heteroatoms. The highest BCUT2D eigenvalue weighted by Crippen LogP contribution is 2.33. The molecule has 0 amide bonds. The minimum atomic E-state index is -0.186. The monoisotopic (exact) mass is 259 g/mol. The van der Waals surface area contributed by atoms with Crippen LogP contribution in [-0.2, 0) is 0 Å². The van der Waals surface area contributed by atoms with Gasteiger partial charge < -0.3 is 5.32 Å². The predicted octanol–water partition coefficient (Wildman–Crippen LogP) is 2.33. The number of hydrogen-bond donors (Lipinski definition) is 1. The van der Waals surface area contributed by atoms with Crippen molar-refractivity contribution >= 4 is 22.5 Å². The van der Waals surface area contributed by atoms with E-state index in [4.69, 9.17) is 9.98 Å². The topological polar surface area (TPSA) is 36.8 Å². The maximum atomic E-state index is 4.95. The molecule has 3 nitrogen and oxygen atoms in total. The normalized spacial score (nSPS) is 21.8. The summed E-state index contributed by atoms with van der Waals surface area (Å²) < 4.78 is 0. The summed E-state index contributed by atoms with van der Waals surface area (Å²) in [6.07, 6.45) is 4.10. The second-order valence-electron chi connectivity index (χ2n) is 4.68. The summed E-state index contributed by atoms with van der Waals surface area (Å²) in [6, 6.07) is 10.4. The predicted molar refractivity (Wildman–Crippen MR) is 78.8 cm³/mol. The third-order valence-electron chi connectivity index (χ3n) is 3.48. The zero-order valence-corrected chi connectivity index (χ0v) is 11.3. The van der Waals surface area contributed by atoms with Gasteiger partial charge in [-0.2, -0.15) is 0 Å². The first kappa shape index (κ1) is 11.9. The molecule has 1 aromatic rings. The molecule has 0 radical (unpaired) electrons. The molecule has 0 unspecified atom stereocenters. The summed E-state index contributed by atoms with van der Waals surface area (Å²) in [5.74, 6) is 0. The summed E-state index contributed by atoms with van der Waals surface area (Å²) in [5, 5.41) is 4.46. The summed E-state index contributed by atoms with van der Waals surface area (Å²) in [5.41, 5.74) is 2.07. The molecule has 0 saturated carbocycles. The molecule has 2 aliphatic heterocycles. The maximum Gasteiger partial charge on any atom is 0.154 e. The Morgan fingerprint density at radius 1 is 1.11 bits per heavy atom. The van der Waals surface area contributed by atoms with Crippen molar-refractivity contribution in [3.63, 3.8) is 0 Å². The van der Waals surface area contributed by atoms with Gasteiger partial charge in [0.2, 0.25) is 0 Å². The number of thioether (sulfide) groups is 1. The van der Waals surface area contributed by atoms with Crippen LogP contribution in [0.15, 0.2) is 40.3 Å². The molecule has 1 saturated heterocycles. The molecule has 0 aliphatic carbocycles. The Morgan fingerprint density at radius 2 is 1.83 bits per heavy atom. The lowest BCUT2D eigenvalue weighted by molar-refractivity contribution is 0.332. The van der Waals surface area contributed by atoms with Crippen molar-refractivity contribution in [3.05, 3.63) is 35.9 Å². The molecular weight excluding hydrogens is 242 g/mol.